The number of esters is 1. The van der Waals surface area contributed by atoms with Crippen molar-refractivity contribution >= 4 is 5.97 Å². The standard InChI is InChI=1S/C5H9NO2/c6-2-4-1-5(7)8-3-4/h4H,1-3,6H2/t4-/m1/s1. The first-order valence-corrected chi connectivity index (χ1v) is 2.68. The molecule has 1 aliphatic rings. The molecular formula is C5H9NO2. The molecule has 1 aliphatic heterocycles. The Morgan fingerprint density at radius 1 is 1.88 bits per heavy atom. The van der Waals surface area contributed by atoms with Gasteiger partial charge in [0.1, 0.15) is 0 Å². The number of cyclic esters (lactones) is 1. The van der Waals surface area contributed by atoms with E-state index < -0.39 is 0 Å². The molecule has 0 aromatic rings. The summed E-state index contributed by atoms with van der Waals surface area (Å²) in [5, 5.41) is 0. The van der Waals surface area contributed by atoms with Crippen LogP contribution in [0.4, 0.5) is 0 Å². The van der Waals surface area contributed by atoms with Crippen LogP contribution in [-0.4, -0.2) is 19.1 Å². The van der Waals surface area contributed by atoms with Crippen molar-refractivity contribution in [2.45, 2.75) is 6.42 Å². The molecule has 0 aliphatic carbocycles. The van der Waals surface area contributed by atoms with Gasteiger partial charge in [-0.3, -0.25) is 4.79 Å². The quantitative estimate of drug-likeness (QED) is 0.469. The van der Waals surface area contributed by atoms with Gasteiger partial charge in [0.25, 0.3) is 0 Å². The Kier molecular flexibility index (Phi) is 1.48. The maximum Gasteiger partial charge on any atom is 0.306 e. The van der Waals surface area contributed by atoms with E-state index in [0.717, 1.165) is 0 Å². The molecule has 0 saturated carbocycles. The fourth-order valence-electron chi connectivity index (χ4n) is 0.716. The lowest BCUT2D eigenvalue weighted by atomic mass is 10.1. The highest BCUT2D eigenvalue weighted by molar-refractivity contribution is 5.71. The van der Waals surface area contributed by atoms with Gasteiger partial charge in [-0.2, -0.15) is 0 Å². The predicted molar refractivity (Wildman–Crippen MR) is 28.1 cm³/mol. The second kappa shape index (κ2) is 2.13. The van der Waals surface area contributed by atoms with Crippen LogP contribution in [0.2, 0.25) is 0 Å². The van der Waals surface area contributed by atoms with Crippen LogP contribution >= 0.6 is 0 Å². The minimum absolute atomic E-state index is 0.111. The van der Waals surface area contributed by atoms with E-state index in [1.807, 2.05) is 0 Å². The van der Waals surface area contributed by atoms with Crippen molar-refractivity contribution in [3.05, 3.63) is 0 Å². The van der Waals surface area contributed by atoms with Crippen LogP contribution in [0.1, 0.15) is 6.42 Å². The third kappa shape index (κ3) is 0.980. The number of ether oxygens (including phenoxy) is 1. The van der Waals surface area contributed by atoms with Crippen LogP contribution < -0.4 is 5.73 Å². The maximum atomic E-state index is 10.3. The van der Waals surface area contributed by atoms with Crippen molar-refractivity contribution in [2.75, 3.05) is 13.2 Å². The Bertz CT molecular complexity index is 103. The molecule has 8 heavy (non-hydrogen) atoms. The third-order valence-electron chi connectivity index (χ3n) is 1.27. The van der Waals surface area contributed by atoms with Crippen LogP contribution in [0.3, 0.4) is 0 Å². The first kappa shape index (κ1) is 5.56. The minimum Gasteiger partial charge on any atom is -0.465 e. The average molecular weight is 115 g/mol. The molecule has 0 aromatic carbocycles. The summed E-state index contributed by atoms with van der Waals surface area (Å²) in [6.07, 6.45) is 0.510. The lowest BCUT2D eigenvalue weighted by Gasteiger charge is -1.95. The number of hydrogen-bond donors (Lipinski definition) is 1. The zero-order valence-electron chi connectivity index (χ0n) is 4.59. The highest BCUT2D eigenvalue weighted by Crippen LogP contribution is 2.10. The fourth-order valence-corrected chi connectivity index (χ4v) is 0.716. The Morgan fingerprint density at radius 3 is 2.88 bits per heavy atom. The zero-order chi connectivity index (χ0) is 5.98. The highest BCUT2D eigenvalue weighted by atomic mass is 16.5. The number of carbonyl (C=O) groups is 1. The molecule has 0 aromatic heterocycles. The van der Waals surface area contributed by atoms with Crippen LogP contribution in [0.15, 0.2) is 0 Å². The molecule has 0 amide bonds. The van der Waals surface area contributed by atoms with Crippen LogP contribution in [0, 0.1) is 5.92 Å². The number of rotatable bonds is 1. The molecule has 1 fully saturated rings. The lowest BCUT2D eigenvalue weighted by Crippen LogP contribution is -2.13. The van der Waals surface area contributed by atoms with Crippen molar-refractivity contribution in [2.24, 2.45) is 11.7 Å². The molecule has 0 radical (unpaired) electrons. The van der Waals surface area contributed by atoms with Gasteiger partial charge in [-0.1, -0.05) is 0 Å². The largest absolute Gasteiger partial charge is 0.465 e. The van der Waals surface area contributed by atoms with Crippen molar-refractivity contribution < 1.29 is 9.53 Å². The van der Waals surface area contributed by atoms with Gasteiger partial charge in [0.2, 0.25) is 0 Å². The molecule has 3 nitrogen and oxygen atoms in total. The summed E-state index contributed by atoms with van der Waals surface area (Å²) in [5.74, 6) is 0.169. The van der Waals surface area contributed by atoms with Crippen LogP contribution in [0.25, 0.3) is 0 Å². The van der Waals surface area contributed by atoms with Crippen LogP contribution in [0.5, 0.6) is 0 Å². The van der Waals surface area contributed by atoms with E-state index in [2.05, 4.69) is 4.74 Å². The summed E-state index contributed by atoms with van der Waals surface area (Å²) in [7, 11) is 0. The third-order valence-corrected chi connectivity index (χ3v) is 1.27. The molecule has 0 unspecified atom stereocenters. The van der Waals surface area contributed by atoms with E-state index in [-0.39, 0.29) is 11.9 Å². The number of hydrogen-bond acceptors (Lipinski definition) is 3. The predicted octanol–water partition coefficient (Wildman–Crippen LogP) is -0.492. The molecular weight excluding hydrogens is 106 g/mol. The lowest BCUT2D eigenvalue weighted by molar-refractivity contribution is -0.137. The second-order valence-corrected chi connectivity index (χ2v) is 1.99. The average Bonchev–Trinajstić information content (AvgIpc) is 2.14. The van der Waals surface area contributed by atoms with Crippen LogP contribution in [-0.2, 0) is 9.53 Å². The highest BCUT2D eigenvalue weighted by Gasteiger charge is 2.21. The topological polar surface area (TPSA) is 52.3 Å². The molecule has 46 valence electrons. The molecule has 1 atom stereocenters. The summed E-state index contributed by atoms with van der Waals surface area (Å²) >= 11 is 0. The van der Waals surface area contributed by atoms with Crippen molar-refractivity contribution in [1.82, 2.24) is 0 Å². The second-order valence-electron chi connectivity index (χ2n) is 1.99. The fraction of sp³-hybridized carbons (Fsp3) is 0.800. The van der Waals surface area contributed by atoms with E-state index in [1.54, 1.807) is 0 Å². The molecule has 0 bridgehead atoms. The Morgan fingerprint density at radius 2 is 2.62 bits per heavy atom. The Hall–Kier alpha value is -0.570. The minimum atomic E-state index is -0.111. The first-order chi connectivity index (χ1) is 3.83. The van der Waals surface area contributed by atoms with Gasteiger partial charge in [0, 0.05) is 5.92 Å². The Balaban J connectivity index is 2.32. The molecule has 1 rings (SSSR count). The van der Waals surface area contributed by atoms with Crippen molar-refractivity contribution in [3.8, 4) is 0 Å². The SMILES string of the molecule is NC[C@@H]1COC(=O)C1. The summed E-state index contributed by atoms with van der Waals surface area (Å²) in [6, 6.07) is 0. The van der Waals surface area contributed by atoms with E-state index in [1.165, 1.54) is 0 Å². The van der Waals surface area contributed by atoms with Gasteiger partial charge >= 0.3 is 5.97 Å². The molecule has 1 saturated heterocycles. The molecule has 0 spiro atoms. The summed E-state index contributed by atoms with van der Waals surface area (Å²) in [5.41, 5.74) is 5.26. The van der Waals surface area contributed by atoms with Crippen molar-refractivity contribution in [3.63, 3.8) is 0 Å². The van der Waals surface area contributed by atoms with Gasteiger partial charge in [-0.05, 0) is 6.54 Å². The van der Waals surface area contributed by atoms with Gasteiger partial charge in [0.05, 0.1) is 13.0 Å². The first-order valence-electron chi connectivity index (χ1n) is 2.68. The normalized spacial score (nSPS) is 28.1. The summed E-state index contributed by atoms with van der Waals surface area (Å²) < 4.78 is 4.64. The van der Waals surface area contributed by atoms with E-state index in [9.17, 15) is 4.79 Å². The van der Waals surface area contributed by atoms with Gasteiger partial charge in [-0.15, -0.1) is 0 Å². The van der Waals surface area contributed by atoms with E-state index in [4.69, 9.17) is 5.73 Å². The summed E-state index contributed by atoms with van der Waals surface area (Å²) in [4.78, 5) is 10.3. The van der Waals surface area contributed by atoms with Crippen molar-refractivity contribution in [1.29, 1.82) is 0 Å². The van der Waals surface area contributed by atoms with E-state index in [0.29, 0.717) is 19.6 Å². The van der Waals surface area contributed by atoms with Gasteiger partial charge in [0.15, 0.2) is 0 Å². The van der Waals surface area contributed by atoms with Gasteiger partial charge < -0.3 is 10.5 Å². The van der Waals surface area contributed by atoms with E-state index >= 15 is 0 Å². The smallest absolute Gasteiger partial charge is 0.306 e. The number of nitrogens with two attached hydrogens (primary N) is 1. The maximum absolute atomic E-state index is 10.3. The molecule has 1 heterocycles. The molecule has 2 N–H and O–H groups in total. The summed E-state index contributed by atoms with van der Waals surface area (Å²) in [6.45, 7) is 1.08. The Labute approximate surface area is 47.8 Å². The molecule has 3 heteroatoms. The van der Waals surface area contributed by atoms with Gasteiger partial charge in [-0.25, -0.2) is 0 Å². The zero-order valence-corrected chi connectivity index (χ0v) is 4.59. The monoisotopic (exact) mass is 115 g/mol. The number of carbonyl (C=O) groups excluding carboxylic acids is 1.